The molecular weight excluding hydrogens is 270 g/mol. The van der Waals surface area contributed by atoms with Crippen molar-refractivity contribution in [3.8, 4) is 0 Å². The Bertz CT molecular complexity index is 513. The van der Waals surface area contributed by atoms with Crippen LogP contribution < -0.4 is 5.32 Å². The van der Waals surface area contributed by atoms with Crippen molar-refractivity contribution in [1.82, 2.24) is 5.32 Å². The van der Waals surface area contributed by atoms with Crippen molar-refractivity contribution in [2.45, 2.75) is 44.2 Å². The summed E-state index contributed by atoms with van der Waals surface area (Å²) < 4.78 is 0. The van der Waals surface area contributed by atoms with E-state index in [0.29, 0.717) is 6.04 Å². The highest BCUT2D eigenvalue weighted by Crippen LogP contribution is 2.41. The second kappa shape index (κ2) is 7.57. The minimum Gasteiger partial charge on any atom is -0.392 e. The van der Waals surface area contributed by atoms with Crippen LogP contribution in [0.15, 0.2) is 60.7 Å². The van der Waals surface area contributed by atoms with Crippen molar-refractivity contribution in [2.75, 3.05) is 7.05 Å². The fourth-order valence-corrected chi connectivity index (χ4v) is 3.33. The van der Waals surface area contributed by atoms with E-state index < -0.39 is 6.10 Å². The van der Waals surface area contributed by atoms with Crippen LogP contribution in [-0.4, -0.2) is 24.3 Å². The standard InChI is InChI=1S/C20H27NO/c1-4-19(22)20(15-16(2)21-3,17-11-7-5-8-12-17)18-13-9-6-10-14-18/h5-14,16,19,21-22H,4,15H2,1-3H3/t16-,19+/m1/s1. The van der Waals surface area contributed by atoms with Crippen LogP contribution in [0.2, 0.25) is 0 Å². The van der Waals surface area contributed by atoms with Crippen LogP contribution in [0.1, 0.15) is 37.8 Å². The van der Waals surface area contributed by atoms with E-state index in [4.69, 9.17) is 0 Å². The number of aliphatic hydroxyl groups excluding tert-OH is 1. The van der Waals surface area contributed by atoms with Gasteiger partial charge in [0.1, 0.15) is 0 Å². The molecule has 0 aliphatic rings. The Balaban J connectivity index is 2.63. The summed E-state index contributed by atoms with van der Waals surface area (Å²) in [6.45, 7) is 4.22. The summed E-state index contributed by atoms with van der Waals surface area (Å²) in [5.41, 5.74) is 1.97. The van der Waals surface area contributed by atoms with Gasteiger partial charge in [-0.2, -0.15) is 0 Å². The lowest BCUT2D eigenvalue weighted by molar-refractivity contribution is 0.0872. The molecule has 0 aromatic heterocycles. The van der Waals surface area contributed by atoms with Crippen LogP contribution in [0, 0.1) is 0 Å². The van der Waals surface area contributed by atoms with Gasteiger partial charge in [-0.05, 0) is 37.9 Å². The van der Waals surface area contributed by atoms with Gasteiger partial charge in [-0.25, -0.2) is 0 Å². The van der Waals surface area contributed by atoms with Gasteiger partial charge in [0.15, 0.2) is 0 Å². The molecule has 0 unspecified atom stereocenters. The number of rotatable bonds is 7. The predicted octanol–water partition coefficient (Wildman–Crippen LogP) is 3.74. The molecule has 2 aromatic rings. The summed E-state index contributed by atoms with van der Waals surface area (Å²) in [4.78, 5) is 0. The van der Waals surface area contributed by atoms with Gasteiger partial charge >= 0.3 is 0 Å². The van der Waals surface area contributed by atoms with Crippen molar-refractivity contribution in [3.63, 3.8) is 0 Å². The molecule has 0 aliphatic carbocycles. The Morgan fingerprint density at radius 3 is 1.77 bits per heavy atom. The largest absolute Gasteiger partial charge is 0.392 e. The van der Waals surface area contributed by atoms with E-state index in [0.717, 1.165) is 12.8 Å². The Labute approximate surface area is 134 Å². The Kier molecular flexibility index (Phi) is 5.76. The zero-order chi connectivity index (χ0) is 16.0. The lowest BCUT2D eigenvalue weighted by atomic mass is 9.66. The molecule has 22 heavy (non-hydrogen) atoms. The molecule has 2 aromatic carbocycles. The molecule has 0 saturated heterocycles. The van der Waals surface area contributed by atoms with Gasteiger partial charge < -0.3 is 10.4 Å². The quantitative estimate of drug-likeness (QED) is 0.816. The molecule has 2 nitrogen and oxygen atoms in total. The van der Waals surface area contributed by atoms with Crippen molar-refractivity contribution < 1.29 is 5.11 Å². The van der Waals surface area contributed by atoms with Crippen LogP contribution in [0.25, 0.3) is 0 Å². The molecule has 0 spiro atoms. The number of hydrogen-bond acceptors (Lipinski definition) is 2. The van der Waals surface area contributed by atoms with E-state index in [1.54, 1.807) is 0 Å². The van der Waals surface area contributed by atoms with Gasteiger partial charge in [-0.1, -0.05) is 67.6 Å². The Hall–Kier alpha value is -1.64. The smallest absolute Gasteiger partial charge is 0.0675 e. The highest BCUT2D eigenvalue weighted by atomic mass is 16.3. The normalized spacial score (nSPS) is 14.5. The number of aliphatic hydroxyl groups is 1. The van der Waals surface area contributed by atoms with Crippen LogP contribution in [0.5, 0.6) is 0 Å². The van der Waals surface area contributed by atoms with Gasteiger partial charge in [0, 0.05) is 11.5 Å². The molecule has 0 saturated carbocycles. The summed E-state index contributed by atoms with van der Waals surface area (Å²) >= 11 is 0. The van der Waals surface area contributed by atoms with E-state index in [9.17, 15) is 5.11 Å². The fourth-order valence-electron chi connectivity index (χ4n) is 3.33. The van der Waals surface area contributed by atoms with Crippen molar-refractivity contribution in [3.05, 3.63) is 71.8 Å². The third kappa shape index (κ3) is 3.23. The van der Waals surface area contributed by atoms with E-state index in [-0.39, 0.29) is 5.41 Å². The van der Waals surface area contributed by atoms with Crippen molar-refractivity contribution >= 4 is 0 Å². The summed E-state index contributed by atoms with van der Waals surface area (Å²) in [6, 6.07) is 21.1. The Morgan fingerprint density at radius 2 is 1.41 bits per heavy atom. The van der Waals surface area contributed by atoms with Gasteiger partial charge in [0.2, 0.25) is 0 Å². The highest BCUT2D eigenvalue weighted by molar-refractivity contribution is 5.41. The van der Waals surface area contributed by atoms with Crippen LogP contribution in [0.3, 0.4) is 0 Å². The van der Waals surface area contributed by atoms with E-state index >= 15 is 0 Å². The first-order valence-electron chi connectivity index (χ1n) is 8.11. The van der Waals surface area contributed by atoms with Gasteiger partial charge in [0.05, 0.1) is 6.10 Å². The van der Waals surface area contributed by atoms with E-state index in [1.807, 2.05) is 19.2 Å². The maximum atomic E-state index is 11.0. The summed E-state index contributed by atoms with van der Waals surface area (Å²) in [6.07, 6.45) is 1.15. The topological polar surface area (TPSA) is 32.3 Å². The number of nitrogens with one attached hydrogen (secondary N) is 1. The average molecular weight is 297 g/mol. The third-order valence-corrected chi connectivity index (χ3v) is 4.65. The van der Waals surface area contributed by atoms with Crippen LogP contribution in [-0.2, 0) is 5.41 Å². The Morgan fingerprint density at radius 1 is 0.955 bits per heavy atom. The molecule has 0 radical (unpaired) electrons. The third-order valence-electron chi connectivity index (χ3n) is 4.65. The van der Waals surface area contributed by atoms with Crippen molar-refractivity contribution in [2.24, 2.45) is 0 Å². The van der Waals surface area contributed by atoms with Gasteiger partial charge in [-0.3, -0.25) is 0 Å². The van der Waals surface area contributed by atoms with Crippen LogP contribution >= 0.6 is 0 Å². The SMILES string of the molecule is CC[C@H](O)C(C[C@@H](C)NC)(c1ccccc1)c1ccccc1. The molecule has 0 amide bonds. The fraction of sp³-hybridized carbons (Fsp3) is 0.400. The van der Waals surface area contributed by atoms with E-state index in [2.05, 4.69) is 67.7 Å². The first-order valence-corrected chi connectivity index (χ1v) is 8.11. The van der Waals surface area contributed by atoms with Crippen molar-refractivity contribution in [1.29, 1.82) is 0 Å². The molecule has 2 rings (SSSR count). The molecule has 2 heteroatoms. The van der Waals surface area contributed by atoms with E-state index in [1.165, 1.54) is 11.1 Å². The molecule has 118 valence electrons. The molecule has 0 bridgehead atoms. The summed E-state index contributed by atoms with van der Waals surface area (Å²) in [5.74, 6) is 0. The summed E-state index contributed by atoms with van der Waals surface area (Å²) in [5, 5.41) is 14.3. The number of benzene rings is 2. The maximum absolute atomic E-state index is 11.0. The molecule has 2 atom stereocenters. The molecule has 0 fully saturated rings. The highest BCUT2D eigenvalue weighted by Gasteiger charge is 2.41. The average Bonchev–Trinajstić information content (AvgIpc) is 2.60. The second-order valence-corrected chi connectivity index (χ2v) is 6.02. The van der Waals surface area contributed by atoms with Crippen LogP contribution in [0.4, 0.5) is 0 Å². The molecular formula is C20H27NO. The molecule has 2 N–H and O–H groups in total. The maximum Gasteiger partial charge on any atom is 0.0675 e. The van der Waals surface area contributed by atoms with Gasteiger partial charge in [0.25, 0.3) is 0 Å². The predicted molar refractivity (Wildman–Crippen MR) is 93.1 cm³/mol. The zero-order valence-corrected chi connectivity index (χ0v) is 13.8. The number of hydrogen-bond donors (Lipinski definition) is 2. The summed E-state index contributed by atoms with van der Waals surface area (Å²) in [7, 11) is 1.98. The first kappa shape index (κ1) is 16.7. The molecule has 0 aliphatic heterocycles. The molecule has 0 heterocycles. The minimum atomic E-state index is -0.423. The zero-order valence-electron chi connectivity index (χ0n) is 13.8. The minimum absolute atomic E-state index is 0.307. The second-order valence-electron chi connectivity index (χ2n) is 6.02. The monoisotopic (exact) mass is 297 g/mol. The van der Waals surface area contributed by atoms with Gasteiger partial charge in [-0.15, -0.1) is 0 Å². The lowest BCUT2D eigenvalue weighted by Crippen LogP contribution is -2.45. The first-order chi connectivity index (χ1) is 10.6. The lowest BCUT2D eigenvalue weighted by Gasteiger charge is -2.41.